The Morgan fingerprint density at radius 1 is 0.909 bits per heavy atom. The molecule has 8 heteroatoms. The quantitative estimate of drug-likeness (QED) is 0.691. The van der Waals surface area contributed by atoms with E-state index in [0.717, 1.165) is 0 Å². The van der Waals surface area contributed by atoms with Crippen LogP contribution < -0.4 is 0 Å². The van der Waals surface area contributed by atoms with Crippen LogP contribution in [0.15, 0.2) is 24.3 Å². The molecule has 0 radical (unpaired) electrons. The van der Waals surface area contributed by atoms with Crippen LogP contribution in [0.4, 0.5) is 0 Å². The molecule has 6 nitrogen and oxygen atoms in total. The van der Waals surface area contributed by atoms with Gasteiger partial charge in [0.15, 0.2) is 0 Å². The molecule has 2 N–H and O–H groups in total. The second kappa shape index (κ2) is 7.87. The molecule has 1 aromatic rings. The Bertz CT molecular complexity index is 564. The van der Waals surface area contributed by atoms with Gasteiger partial charge < -0.3 is 18.8 Å². The molecule has 0 saturated heterocycles. The molecular weight excluding hydrogens is 326 g/mol. The maximum atomic E-state index is 12.9. The van der Waals surface area contributed by atoms with Crippen molar-refractivity contribution in [1.29, 1.82) is 0 Å². The van der Waals surface area contributed by atoms with Crippen LogP contribution >= 0.6 is 15.2 Å². The van der Waals surface area contributed by atoms with Gasteiger partial charge in [-0.25, -0.2) is 0 Å². The second-order valence-corrected chi connectivity index (χ2v) is 9.27. The van der Waals surface area contributed by atoms with Crippen LogP contribution in [0.1, 0.15) is 38.8 Å². The molecule has 0 aliphatic carbocycles. The van der Waals surface area contributed by atoms with Crippen molar-refractivity contribution >= 4 is 15.2 Å². The Balaban J connectivity index is 3.08. The van der Waals surface area contributed by atoms with E-state index in [1.54, 1.807) is 52.0 Å². The molecule has 0 aromatic heterocycles. The van der Waals surface area contributed by atoms with Gasteiger partial charge in [0.05, 0.1) is 24.5 Å². The third kappa shape index (κ3) is 7.19. The summed E-state index contributed by atoms with van der Waals surface area (Å²) in [6.07, 6.45) is -0.969. The van der Waals surface area contributed by atoms with E-state index < -0.39 is 21.4 Å². The standard InChI is InChI=1S/C14H24O6P2/c1-11(2)19-22(18,20-12(3)4)10-14-8-6-5-7-13(14)9-21(15,16)17/h5-8,11-12H,9-10H2,1-4H3,(H2,15,16,17). The van der Waals surface area contributed by atoms with Crippen molar-refractivity contribution in [3.8, 4) is 0 Å². The molecule has 1 aromatic carbocycles. The predicted molar refractivity (Wildman–Crippen MR) is 85.9 cm³/mol. The SMILES string of the molecule is CC(C)OP(=O)(Cc1ccccc1CP(=O)(O)O)OC(C)C. The van der Waals surface area contributed by atoms with E-state index in [0.29, 0.717) is 11.1 Å². The Kier molecular flexibility index (Phi) is 7.00. The topological polar surface area (TPSA) is 93.1 Å². The first-order valence-corrected chi connectivity index (χ1v) is 10.6. The van der Waals surface area contributed by atoms with Crippen molar-refractivity contribution < 1.29 is 28.0 Å². The first-order chi connectivity index (χ1) is 10.0. The van der Waals surface area contributed by atoms with E-state index in [9.17, 15) is 9.13 Å². The molecule has 0 amide bonds. The van der Waals surface area contributed by atoms with Gasteiger partial charge in [0, 0.05) is 0 Å². The number of rotatable bonds is 8. The minimum Gasteiger partial charge on any atom is -0.324 e. The molecule has 0 saturated carbocycles. The fourth-order valence-corrected chi connectivity index (χ4v) is 5.00. The molecular formula is C14H24O6P2. The van der Waals surface area contributed by atoms with Crippen LogP contribution in [0.2, 0.25) is 0 Å². The van der Waals surface area contributed by atoms with Crippen molar-refractivity contribution in [1.82, 2.24) is 0 Å². The van der Waals surface area contributed by atoms with Crippen LogP contribution in [0.3, 0.4) is 0 Å². The minimum atomic E-state index is -4.21. The van der Waals surface area contributed by atoms with Gasteiger partial charge in [-0.15, -0.1) is 0 Å². The van der Waals surface area contributed by atoms with E-state index in [-0.39, 0.29) is 18.4 Å². The van der Waals surface area contributed by atoms with E-state index in [1.165, 1.54) is 0 Å². The molecule has 0 aliphatic heterocycles. The van der Waals surface area contributed by atoms with Crippen LogP contribution in [0.25, 0.3) is 0 Å². The maximum absolute atomic E-state index is 12.9. The summed E-state index contributed by atoms with van der Waals surface area (Å²) in [6.45, 7) is 7.05. The molecule has 0 fully saturated rings. The third-order valence-corrected chi connectivity index (χ3v) is 5.57. The van der Waals surface area contributed by atoms with Gasteiger partial charge in [0.2, 0.25) is 0 Å². The minimum absolute atomic E-state index is 0.0144. The monoisotopic (exact) mass is 350 g/mol. The van der Waals surface area contributed by atoms with E-state index in [1.807, 2.05) is 0 Å². The summed E-state index contributed by atoms with van der Waals surface area (Å²) in [5, 5.41) is 0. The van der Waals surface area contributed by atoms with Crippen molar-refractivity contribution in [3.05, 3.63) is 35.4 Å². The third-order valence-electron chi connectivity index (χ3n) is 2.60. The number of benzene rings is 1. The number of hydrogen-bond donors (Lipinski definition) is 2. The van der Waals surface area contributed by atoms with Gasteiger partial charge >= 0.3 is 15.2 Å². The van der Waals surface area contributed by atoms with Gasteiger partial charge in [-0.3, -0.25) is 9.13 Å². The maximum Gasteiger partial charge on any atom is 0.335 e. The summed E-state index contributed by atoms with van der Waals surface area (Å²) < 4.78 is 35.1. The zero-order valence-electron chi connectivity index (χ0n) is 13.3. The summed E-state index contributed by atoms with van der Waals surface area (Å²) in [5.41, 5.74) is 1.02. The molecule has 0 aliphatic rings. The van der Waals surface area contributed by atoms with Crippen LogP contribution in [-0.2, 0) is 30.5 Å². The van der Waals surface area contributed by atoms with Crippen molar-refractivity contribution in [2.45, 2.75) is 52.2 Å². The Morgan fingerprint density at radius 2 is 1.32 bits per heavy atom. The van der Waals surface area contributed by atoms with Crippen LogP contribution in [0.5, 0.6) is 0 Å². The summed E-state index contributed by atoms with van der Waals surface area (Å²) in [5.74, 6) is 0. The molecule has 1 rings (SSSR count). The summed E-state index contributed by atoms with van der Waals surface area (Å²) >= 11 is 0. The van der Waals surface area contributed by atoms with Gasteiger partial charge in [0.25, 0.3) is 0 Å². The second-order valence-electron chi connectivity index (χ2n) is 5.67. The summed E-state index contributed by atoms with van der Waals surface area (Å²) in [6, 6.07) is 6.72. The largest absolute Gasteiger partial charge is 0.335 e. The Labute approximate surface area is 131 Å². The lowest BCUT2D eigenvalue weighted by molar-refractivity contribution is 0.141. The highest BCUT2D eigenvalue weighted by molar-refractivity contribution is 7.53. The normalized spacial score (nSPS) is 13.1. The van der Waals surface area contributed by atoms with E-state index in [4.69, 9.17) is 18.8 Å². The van der Waals surface area contributed by atoms with Crippen molar-refractivity contribution in [2.75, 3.05) is 0 Å². The highest BCUT2D eigenvalue weighted by Gasteiger charge is 2.30. The zero-order valence-corrected chi connectivity index (χ0v) is 15.1. The van der Waals surface area contributed by atoms with Gasteiger partial charge in [-0.1, -0.05) is 24.3 Å². The van der Waals surface area contributed by atoms with Crippen LogP contribution in [-0.4, -0.2) is 22.0 Å². The average Bonchev–Trinajstić information content (AvgIpc) is 2.27. The lowest BCUT2D eigenvalue weighted by Gasteiger charge is -2.23. The first-order valence-electron chi connectivity index (χ1n) is 7.08. The van der Waals surface area contributed by atoms with E-state index >= 15 is 0 Å². The highest BCUT2D eigenvalue weighted by atomic mass is 31.2. The first kappa shape index (κ1) is 19.6. The molecule has 22 heavy (non-hydrogen) atoms. The van der Waals surface area contributed by atoms with Gasteiger partial charge in [-0.2, -0.15) is 0 Å². The van der Waals surface area contributed by atoms with Crippen molar-refractivity contribution in [2.24, 2.45) is 0 Å². The fraction of sp³-hybridized carbons (Fsp3) is 0.571. The van der Waals surface area contributed by atoms with Crippen LogP contribution in [0, 0.1) is 0 Å². The average molecular weight is 350 g/mol. The fourth-order valence-electron chi connectivity index (χ4n) is 2.04. The molecule has 126 valence electrons. The van der Waals surface area contributed by atoms with Gasteiger partial charge in [-0.05, 0) is 38.8 Å². The molecule has 0 bridgehead atoms. The number of hydrogen-bond acceptors (Lipinski definition) is 4. The summed E-state index contributed by atoms with van der Waals surface area (Å²) in [7, 11) is -7.61. The zero-order chi connectivity index (χ0) is 17.0. The summed E-state index contributed by atoms with van der Waals surface area (Å²) in [4.78, 5) is 18.3. The van der Waals surface area contributed by atoms with E-state index in [2.05, 4.69) is 0 Å². The lowest BCUT2D eigenvalue weighted by atomic mass is 10.1. The Morgan fingerprint density at radius 3 is 1.68 bits per heavy atom. The molecule has 0 spiro atoms. The molecule has 0 atom stereocenters. The molecule has 0 heterocycles. The Hall–Kier alpha value is -0.480. The smallest absolute Gasteiger partial charge is 0.324 e. The molecule has 0 unspecified atom stereocenters. The van der Waals surface area contributed by atoms with Crippen molar-refractivity contribution in [3.63, 3.8) is 0 Å². The van der Waals surface area contributed by atoms with Gasteiger partial charge in [0.1, 0.15) is 0 Å². The highest BCUT2D eigenvalue weighted by Crippen LogP contribution is 2.54. The lowest BCUT2D eigenvalue weighted by Crippen LogP contribution is -2.10. The predicted octanol–water partition coefficient (Wildman–Crippen LogP) is 3.91.